The fraction of sp³-hybridized carbons (Fsp3) is 0.316. The number of carboxylic acids is 1. The molecule has 3 aromatic heterocycles. The van der Waals surface area contributed by atoms with Crippen molar-refractivity contribution in [2.45, 2.75) is 38.6 Å². The monoisotopic (exact) mass is 398 g/mol. The van der Waals surface area contributed by atoms with Crippen LogP contribution < -0.4 is 16.6 Å². The molecule has 10 heteroatoms. The Bertz CT molecular complexity index is 1090. The predicted molar refractivity (Wildman–Crippen MR) is 107 cm³/mol. The van der Waals surface area contributed by atoms with E-state index in [1.165, 1.54) is 0 Å². The van der Waals surface area contributed by atoms with Crippen molar-refractivity contribution in [3.8, 4) is 0 Å². The highest BCUT2D eigenvalue weighted by atomic mass is 16.4. The number of rotatable bonds is 8. The maximum atomic E-state index is 12.2. The molecule has 1 atom stereocenters. The second-order valence-corrected chi connectivity index (χ2v) is 6.71. The molecule has 0 unspecified atom stereocenters. The van der Waals surface area contributed by atoms with E-state index >= 15 is 0 Å². The third kappa shape index (κ3) is 4.78. The van der Waals surface area contributed by atoms with Gasteiger partial charge in [0.05, 0.1) is 5.39 Å². The average Bonchev–Trinajstić information content (AvgIpc) is 3.09. The summed E-state index contributed by atoms with van der Waals surface area (Å²) in [6.07, 6.45) is 3.82. The van der Waals surface area contributed by atoms with Gasteiger partial charge in [0, 0.05) is 11.9 Å². The number of hydrogen-bond acceptors (Lipinski definition) is 6. The first-order valence-corrected chi connectivity index (χ1v) is 9.23. The number of aromatic nitrogens is 4. The molecular weight excluding hydrogens is 376 g/mol. The number of H-pyrrole nitrogens is 2. The second kappa shape index (κ2) is 8.55. The Labute approximate surface area is 165 Å². The quantitative estimate of drug-likeness (QED) is 0.377. The Morgan fingerprint density at radius 1 is 1.28 bits per heavy atom. The number of carbonyl (C=O) groups excluding carboxylic acids is 1. The van der Waals surface area contributed by atoms with E-state index in [9.17, 15) is 14.4 Å². The number of aliphatic carboxylic acids is 1. The van der Waals surface area contributed by atoms with Crippen LogP contribution in [-0.4, -0.2) is 43.0 Å². The Hall–Kier alpha value is -3.69. The first-order chi connectivity index (χ1) is 13.9. The Kier molecular flexibility index (Phi) is 5.91. The zero-order valence-electron chi connectivity index (χ0n) is 15.9. The molecular formula is C19H22N6O4. The number of fused-ring (bicyclic) bond motifs is 1. The van der Waals surface area contributed by atoms with Crippen LogP contribution in [0.1, 0.15) is 41.5 Å². The van der Waals surface area contributed by atoms with Crippen LogP contribution in [-0.2, 0) is 17.6 Å². The Morgan fingerprint density at radius 3 is 2.72 bits per heavy atom. The maximum absolute atomic E-state index is 12.2. The van der Waals surface area contributed by atoms with Gasteiger partial charge in [-0.25, -0.2) is 4.79 Å². The largest absolute Gasteiger partial charge is 0.480 e. The molecule has 6 N–H and O–H groups in total. The first kappa shape index (κ1) is 20.1. The molecule has 3 aromatic rings. The summed E-state index contributed by atoms with van der Waals surface area (Å²) in [4.78, 5) is 48.9. The summed E-state index contributed by atoms with van der Waals surface area (Å²) in [5.74, 6) is -1.53. The predicted octanol–water partition coefficient (Wildman–Crippen LogP) is 0.997. The van der Waals surface area contributed by atoms with Crippen LogP contribution in [0.2, 0.25) is 0 Å². The molecule has 152 valence electrons. The maximum Gasteiger partial charge on any atom is 0.326 e. The van der Waals surface area contributed by atoms with Gasteiger partial charge in [-0.1, -0.05) is 19.4 Å². The Balaban J connectivity index is 1.63. The number of carboxylic acid groups (broad SMARTS) is 1. The lowest BCUT2D eigenvalue weighted by atomic mass is 10.1. The summed E-state index contributed by atoms with van der Waals surface area (Å²) in [5, 5.41) is 12.1. The van der Waals surface area contributed by atoms with Gasteiger partial charge < -0.3 is 21.1 Å². The summed E-state index contributed by atoms with van der Waals surface area (Å²) in [5.41, 5.74) is 7.56. The average molecular weight is 398 g/mol. The number of aromatic amines is 2. The van der Waals surface area contributed by atoms with E-state index in [1.54, 1.807) is 24.4 Å². The molecule has 0 fully saturated rings. The number of nitrogens with zero attached hydrogens (tertiary/aromatic N) is 2. The molecule has 0 radical (unpaired) electrons. The molecule has 29 heavy (non-hydrogen) atoms. The highest BCUT2D eigenvalue weighted by Crippen LogP contribution is 2.12. The van der Waals surface area contributed by atoms with Gasteiger partial charge in [0.25, 0.3) is 11.5 Å². The Morgan fingerprint density at radius 2 is 2.07 bits per heavy atom. The molecule has 0 bridgehead atoms. The van der Waals surface area contributed by atoms with E-state index in [0.29, 0.717) is 36.7 Å². The normalized spacial score (nSPS) is 12.0. The number of nitrogen functional groups attached to an aromatic ring is 1. The lowest BCUT2D eigenvalue weighted by Crippen LogP contribution is -2.40. The van der Waals surface area contributed by atoms with Crippen LogP contribution in [0.5, 0.6) is 0 Å². The van der Waals surface area contributed by atoms with Crippen molar-refractivity contribution in [1.82, 2.24) is 25.3 Å². The molecule has 0 aromatic carbocycles. The van der Waals surface area contributed by atoms with Gasteiger partial charge in [0.1, 0.15) is 17.4 Å². The van der Waals surface area contributed by atoms with Crippen LogP contribution >= 0.6 is 0 Å². The SMILES string of the molecule is CCC[C@H](NC(=O)c1ccc(CCc2cc3c(=O)[nH]c(N)nc3[nH]2)cn1)C(=O)O. The number of amides is 1. The number of anilines is 1. The second-order valence-electron chi connectivity index (χ2n) is 6.71. The molecule has 1 amide bonds. The van der Waals surface area contributed by atoms with Crippen molar-refractivity contribution in [2.75, 3.05) is 5.73 Å². The number of hydrogen-bond donors (Lipinski definition) is 5. The fourth-order valence-corrected chi connectivity index (χ4v) is 2.99. The summed E-state index contributed by atoms with van der Waals surface area (Å²) in [6.45, 7) is 1.85. The van der Waals surface area contributed by atoms with Gasteiger partial charge in [-0.15, -0.1) is 0 Å². The highest BCUT2D eigenvalue weighted by Gasteiger charge is 2.20. The number of pyridine rings is 1. The summed E-state index contributed by atoms with van der Waals surface area (Å²) >= 11 is 0. The molecule has 3 rings (SSSR count). The molecule has 0 aliphatic rings. The lowest BCUT2D eigenvalue weighted by molar-refractivity contribution is -0.139. The molecule has 0 aliphatic heterocycles. The van der Waals surface area contributed by atoms with Crippen molar-refractivity contribution in [1.29, 1.82) is 0 Å². The number of nitrogens with two attached hydrogens (primary N) is 1. The highest BCUT2D eigenvalue weighted by molar-refractivity contribution is 5.94. The third-order valence-corrected chi connectivity index (χ3v) is 4.49. The third-order valence-electron chi connectivity index (χ3n) is 4.49. The van der Waals surface area contributed by atoms with Crippen molar-refractivity contribution in [2.24, 2.45) is 0 Å². The topological polar surface area (TPSA) is 167 Å². The lowest BCUT2D eigenvalue weighted by Gasteiger charge is -2.13. The molecule has 0 saturated heterocycles. The van der Waals surface area contributed by atoms with Gasteiger partial charge in [-0.05, 0) is 37.0 Å². The summed E-state index contributed by atoms with van der Waals surface area (Å²) in [6, 6.07) is 4.13. The van der Waals surface area contributed by atoms with E-state index in [2.05, 4.69) is 25.3 Å². The van der Waals surface area contributed by atoms with Gasteiger partial charge in [0.2, 0.25) is 5.95 Å². The van der Waals surface area contributed by atoms with Crippen molar-refractivity contribution in [3.63, 3.8) is 0 Å². The molecule has 3 heterocycles. The van der Waals surface area contributed by atoms with Crippen LogP contribution in [0.3, 0.4) is 0 Å². The zero-order valence-corrected chi connectivity index (χ0v) is 15.9. The van der Waals surface area contributed by atoms with Crippen LogP contribution in [0.25, 0.3) is 11.0 Å². The van der Waals surface area contributed by atoms with Gasteiger partial charge >= 0.3 is 5.97 Å². The van der Waals surface area contributed by atoms with Crippen molar-refractivity contribution < 1.29 is 14.7 Å². The number of nitrogens with one attached hydrogen (secondary N) is 3. The number of aryl methyl sites for hydroxylation is 2. The zero-order chi connectivity index (χ0) is 21.0. The van der Waals surface area contributed by atoms with Crippen LogP contribution in [0.4, 0.5) is 5.95 Å². The van der Waals surface area contributed by atoms with Crippen LogP contribution in [0.15, 0.2) is 29.2 Å². The van der Waals surface area contributed by atoms with E-state index in [1.807, 2.05) is 6.92 Å². The van der Waals surface area contributed by atoms with E-state index in [4.69, 9.17) is 10.8 Å². The molecule has 0 saturated carbocycles. The van der Waals surface area contributed by atoms with E-state index in [0.717, 1.165) is 11.3 Å². The van der Waals surface area contributed by atoms with Gasteiger partial charge in [-0.2, -0.15) is 4.98 Å². The van der Waals surface area contributed by atoms with E-state index < -0.39 is 17.9 Å². The minimum atomic E-state index is -1.06. The molecule has 0 spiro atoms. The van der Waals surface area contributed by atoms with Crippen molar-refractivity contribution >= 4 is 28.9 Å². The smallest absolute Gasteiger partial charge is 0.326 e. The van der Waals surface area contributed by atoms with Gasteiger partial charge in [-0.3, -0.25) is 19.6 Å². The minimum absolute atomic E-state index is 0.0537. The minimum Gasteiger partial charge on any atom is -0.480 e. The molecule has 0 aliphatic carbocycles. The summed E-state index contributed by atoms with van der Waals surface area (Å²) < 4.78 is 0. The summed E-state index contributed by atoms with van der Waals surface area (Å²) in [7, 11) is 0. The first-order valence-electron chi connectivity index (χ1n) is 9.23. The standard InChI is InChI=1S/C19H22N6O4/c1-2-3-14(18(28)29)23-17(27)13-7-5-10(9-21-13)4-6-11-8-12-15(22-11)24-19(20)25-16(12)26/h5,7-9,14H,2-4,6H2,1H3,(H,23,27)(H,28,29)(H4,20,22,24,25,26)/t14-/m0/s1. The van der Waals surface area contributed by atoms with Crippen LogP contribution in [0, 0.1) is 0 Å². The van der Waals surface area contributed by atoms with Gasteiger partial charge in [0.15, 0.2) is 0 Å². The van der Waals surface area contributed by atoms with Crippen molar-refractivity contribution in [3.05, 3.63) is 51.7 Å². The fourth-order valence-electron chi connectivity index (χ4n) is 2.99. The van der Waals surface area contributed by atoms with E-state index in [-0.39, 0.29) is 17.2 Å². The number of carbonyl (C=O) groups is 2. The molecule has 10 nitrogen and oxygen atoms in total.